The van der Waals surface area contributed by atoms with Gasteiger partial charge in [0.15, 0.2) is 5.17 Å². The van der Waals surface area contributed by atoms with Gasteiger partial charge in [0.2, 0.25) is 0 Å². The number of nitrogens with zero attached hydrogens (tertiary/aromatic N) is 2. The zero-order valence-electron chi connectivity index (χ0n) is 8.86. The van der Waals surface area contributed by atoms with E-state index < -0.39 is 0 Å². The summed E-state index contributed by atoms with van der Waals surface area (Å²) in [5.41, 5.74) is 0.573. The van der Waals surface area contributed by atoms with Crippen molar-refractivity contribution < 1.29 is 4.39 Å². The van der Waals surface area contributed by atoms with E-state index in [1.165, 1.54) is 6.07 Å². The van der Waals surface area contributed by atoms with Gasteiger partial charge in [0.25, 0.3) is 0 Å². The van der Waals surface area contributed by atoms with Gasteiger partial charge < -0.3 is 4.90 Å². The summed E-state index contributed by atoms with van der Waals surface area (Å²) in [6, 6.07) is 6.75. The summed E-state index contributed by atoms with van der Waals surface area (Å²) in [5, 5.41) is 2.26. The number of thioether (sulfide) groups is 1. The molecule has 0 amide bonds. The summed E-state index contributed by atoms with van der Waals surface area (Å²) >= 11 is 5.12. The Morgan fingerprint density at radius 2 is 2.31 bits per heavy atom. The molecule has 2 nitrogen and oxygen atoms in total. The minimum atomic E-state index is -0.212. The van der Waals surface area contributed by atoms with Crippen molar-refractivity contribution in [3.8, 4) is 0 Å². The highest BCUT2D eigenvalue weighted by molar-refractivity contribution is 9.09. The highest BCUT2D eigenvalue weighted by Crippen LogP contribution is 2.28. The molecule has 1 unspecified atom stereocenters. The topological polar surface area (TPSA) is 15.6 Å². The van der Waals surface area contributed by atoms with Crippen LogP contribution < -0.4 is 4.90 Å². The van der Waals surface area contributed by atoms with E-state index >= 15 is 0 Å². The number of hydrogen-bond donors (Lipinski definition) is 0. The Bertz CT molecular complexity index is 411. The number of benzene rings is 1. The summed E-state index contributed by atoms with van der Waals surface area (Å²) in [6.45, 7) is 0.796. The number of rotatable bonds is 2. The quantitative estimate of drug-likeness (QED) is 0.780. The van der Waals surface area contributed by atoms with Crippen LogP contribution in [0.4, 0.5) is 10.1 Å². The molecule has 0 bridgehead atoms. The summed E-state index contributed by atoms with van der Waals surface area (Å²) in [4.78, 5) is 6.22. The fourth-order valence-electron chi connectivity index (χ4n) is 1.50. The zero-order valence-corrected chi connectivity index (χ0v) is 11.3. The molecule has 16 heavy (non-hydrogen) atoms. The number of halogens is 2. The van der Waals surface area contributed by atoms with Gasteiger partial charge >= 0.3 is 0 Å². The first-order chi connectivity index (χ1) is 7.72. The van der Waals surface area contributed by atoms with E-state index in [0.717, 1.165) is 17.0 Å². The van der Waals surface area contributed by atoms with Crippen LogP contribution in [0.15, 0.2) is 29.3 Å². The molecule has 1 heterocycles. The number of para-hydroxylation sites is 1. The Hall–Kier alpha value is -0.550. The first-order valence-corrected chi connectivity index (χ1v) is 6.98. The van der Waals surface area contributed by atoms with Crippen LogP contribution in [0.5, 0.6) is 0 Å². The van der Waals surface area contributed by atoms with E-state index in [4.69, 9.17) is 0 Å². The number of hydrogen-bond acceptors (Lipinski definition) is 3. The third kappa shape index (κ3) is 2.40. The second-order valence-electron chi connectivity index (χ2n) is 3.53. The van der Waals surface area contributed by atoms with Crippen molar-refractivity contribution in [2.45, 2.75) is 5.25 Å². The maximum Gasteiger partial charge on any atom is 0.163 e. The Morgan fingerprint density at radius 1 is 1.56 bits per heavy atom. The summed E-state index contributed by atoms with van der Waals surface area (Å²) in [7, 11) is 1.85. The van der Waals surface area contributed by atoms with Gasteiger partial charge in [-0.05, 0) is 12.1 Å². The van der Waals surface area contributed by atoms with E-state index in [-0.39, 0.29) is 5.82 Å². The highest BCUT2D eigenvalue weighted by atomic mass is 79.9. The second-order valence-corrected chi connectivity index (χ2v) is 5.44. The molecule has 1 aromatic carbocycles. The van der Waals surface area contributed by atoms with Gasteiger partial charge in [-0.1, -0.05) is 39.8 Å². The predicted molar refractivity (Wildman–Crippen MR) is 72.3 cm³/mol. The number of amidine groups is 1. The lowest BCUT2D eigenvalue weighted by molar-refractivity contribution is 0.628. The van der Waals surface area contributed by atoms with Crippen LogP contribution in [-0.4, -0.2) is 29.3 Å². The molecule has 5 heteroatoms. The van der Waals surface area contributed by atoms with Crippen molar-refractivity contribution in [3.63, 3.8) is 0 Å². The molecule has 0 aliphatic carbocycles. The first kappa shape index (κ1) is 11.9. The van der Waals surface area contributed by atoms with Crippen LogP contribution in [0.25, 0.3) is 0 Å². The maximum absolute atomic E-state index is 13.6. The Balaban J connectivity index is 2.15. The van der Waals surface area contributed by atoms with E-state index in [9.17, 15) is 4.39 Å². The van der Waals surface area contributed by atoms with Gasteiger partial charge in [0, 0.05) is 17.6 Å². The van der Waals surface area contributed by atoms with Crippen LogP contribution in [-0.2, 0) is 0 Å². The standard InChI is InChI=1S/C11H12BrFN2S/c1-15(10-5-3-2-4-9(10)13)11-14-7-8(6-12)16-11/h2-5,8H,6-7H2,1H3. The average molecular weight is 303 g/mol. The summed E-state index contributed by atoms with van der Waals surface area (Å²) in [5.74, 6) is -0.212. The van der Waals surface area contributed by atoms with Crippen molar-refractivity contribution in [3.05, 3.63) is 30.1 Å². The van der Waals surface area contributed by atoms with E-state index in [0.29, 0.717) is 10.9 Å². The second kappa shape index (κ2) is 5.19. The SMILES string of the molecule is CN(C1=NCC(CBr)S1)c1ccccc1F. The molecule has 0 N–H and O–H groups in total. The van der Waals surface area contributed by atoms with E-state index in [1.54, 1.807) is 23.9 Å². The lowest BCUT2D eigenvalue weighted by Crippen LogP contribution is -2.23. The van der Waals surface area contributed by atoms with E-state index in [2.05, 4.69) is 20.9 Å². The van der Waals surface area contributed by atoms with Crippen molar-refractivity contribution in [1.82, 2.24) is 0 Å². The monoisotopic (exact) mass is 302 g/mol. The smallest absolute Gasteiger partial charge is 0.163 e. The van der Waals surface area contributed by atoms with Crippen LogP contribution in [0.3, 0.4) is 0 Å². The molecule has 0 saturated carbocycles. The number of aliphatic imine (C=N–C) groups is 1. The molecule has 1 atom stereocenters. The van der Waals surface area contributed by atoms with Gasteiger partial charge in [-0.15, -0.1) is 0 Å². The maximum atomic E-state index is 13.6. The summed E-state index contributed by atoms with van der Waals surface area (Å²) in [6.07, 6.45) is 0. The minimum absolute atomic E-state index is 0.212. The minimum Gasteiger partial charge on any atom is -0.322 e. The third-order valence-electron chi connectivity index (χ3n) is 2.38. The molecule has 0 aromatic heterocycles. The lowest BCUT2D eigenvalue weighted by atomic mass is 10.3. The predicted octanol–water partition coefficient (Wildman–Crippen LogP) is 3.13. The fraction of sp³-hybridized carbons (Fsp3) is 0.364. The Kier molecular flexibility index (Phi) is 3.86. The zero-order chi connectivity index (χ0) is 11.5. The molecular weight excluding hydrogens is 291 g/mol. The van der Waals surface area contributed by atoms with Crippen LogP contribution >= 0.6 is 27.7 Å². The van der Waals surface area contributed by atoms with E-state index in [1.807, 2.05) is 18.0 Å². The third-order valence-corrected chi connectivity index (χ3v) is 4.85. The Labute approximate surface area is 107 Å². The number of alkyl halides is 1. The molecule has 1 aliphatic rings. The van der Waals surface area contributed by atoms with Gasteiger partial charge in [-0.3, -0.25) is 4.99 Å². The molecule has 0 fully saturated rings. The van der Waals surface area contributed by atoms with Gasteiger partial charge in [-0.2, -0.15) is 0 Å². The van der Waals surface area contributed by atoms with Crippen LogP contribution in [0.2, 0.25) is 0 Å². The lowest BCUT2D eigenvalue weighted by Gasteiger charge is -2.19. The van der Waals surface area contributed by atoms with Crippen LogP contribution in [0.1, 0.15) is 0 Å². The largest absolute Gasteiger partial charge is 0.322 e. The molecule has 1 aliphatic heterocycles. The molecule has 1 aromatic rings. The fourth-order valence-corrected chi connectivity index (χ4v) is 3.01. The molecule has 0 saturated heterocycles. The Morgan fingerprint density at radius 3 is 2.94 bits per heavy atom. The average Bonchev–Trinajstić information content (AvgIpc) is 2.77. The van der Waals surface area contributed by atoms with Crippen molar-refractivity contribution in [2.24, 2.45) is 4.99 Å². The molecular formula is C11H12BrFN2S. The van der Waals surface area contributed by atoms with Gasteiger partial charge in [0.05, 0.1) is 12.2 Å². The highest BCUT2D eigenvalue weighted by Gasteiger charge is 2.22. The molecule has 0 radical (unpaired) electrons. The van der Waals surface area contributed by atoms with Gasteiger partial charge in [0.1, 0.15) is 5.82 Å². The van der Waals surface area contributed by atoms with Crippen molar-refractivity contribution in [1.29, 1.82) is 0 Å². The normalized spacial score (nSPS) is 19.7. The summed E-state index contributed by atoms with van der Waals surface area (Å²) < 4.78 is 13.6. The number of anilines is 1. The van der Waals surface area contributed by atoms with Crippen molar-refractivity contribution in [2.75, 3.05) is 23.8 Å². The molecule has 2 rings (SSSR count). The molecule has 0 spiro atoms. The van der Waals surface area contributed by atoms with Gasteiger partial charge in [-0.25, -0.2) is 4.39 Å². The van der Waals surface area contributed by atoms with Crippen molar-refractivity contribution >= 4 is 38.5 Å². The first-order valence-electron chi connectivity index (χ1n) is 4.97. The van der Waals surface area contributed by atoms with Crippen LogP contribution in [0, 0.1) is 5.82 Å². The molecule has 86 valence electrons.